The van der Waals surface area contributed by atoms with E-state index >= 15 is 0 Å². The molecule has 0 radical (unpaired) electrons. The van der Waals surface area contributed by atoms with Crippen LogP contribution >= 0.6 is 11.6 Å². The monoisotopic (exact) mass is 409 g/mol. The Morgan fingerprint density at radius 3 is 2.62 bits per heavy atom. The number of aromatic nitrogens is 1. The zero-order valence-electron chi connectivity index (χ0n) is 15.1. The molecule has 0 spiro atoms. The summed E-state index contributed by atoms with van der Waals surface area (Å²) in [6.45, 7) is 0.491. The van der Waals surface area contributed by atoms with Gasteiger partial charge in [0, 0.05) is 12.7 Å². The average Bonchev–Trinajstić information content (AvgIpc) is 3.20. The summed E-state index contributed by atoms with van der Waals surface area (Å²) in [6, 6.07) is 15.4. The van der Waals surface area contributed by atoms with Gasteiger partial charge < -0.3 is 20.1 Å². The molecular formula is C21H16ClN3O4. The van der Waals surface area contributed by atoms with Crippen molar-refractivity contribution in [2.75, 3.05) is 12.1 Å². The Hall–Kier alpha value is -3.58. The molecule has 0 bridgehead atoms. The second-order valence-electron chi connectivity index (χ2n) is 6.21. The van der Waals surface area contributed by atoms with Gasteiger partial charge in [0.05, 0.1) is 16.8 Å². The molecule has 0 aliphatic carbocycles. The van der Waals surface area contributed by atoms with Crippen molar-refractivity contribution in [1.29, 1.82) is 0 Å². The number of rotatable bonds is 5. The molecule has 0 unspecified atom stereocenters. The van der Waals surface area contributed by atoms with E-state index in [9.17, 15) is 9.59 Å². The Labute approximate surface area is 171 Å². The molecule has 8 heteroatoms. The number of benzene rings is 2. The van der Waals surface area contributed by atoms with E-state index < -0.39 is 5.91 Å². The highest BCUT2D eigenvalue weighted by Gasteiger charge is 2.17. The molecule has 0 atom stereocenters. The molecule has 29 heavy (non-hydrogen) atoms. The van der Waals surface area contributed by atoms with Gasteiger partial charge in [0.25, 0.3) is 11.8 Å². The summed E-state index contributed by atoms with van der Waals surface area (Å²) in [6.07, 6.45) is 1.50. The Kier molecular flexibility index (Phi) is 5.31. The largest absolute Gasteiger partial charge is 0.454 e. The minimum atomic E-state index is -0.445. The maximum Gasteiger partial charge on any atom is 0.258 e. The van der Waals surface area contributed by atoms with Gasteiger partial charge in [-0.15, -0.1) is 0 Å². The summed E-state index contributed by atoms with van der Waals surface area (Å²) in [4.78, 5) is 29.1. The van der Waals surface area contributed by atoms with E-state index in [2.05, 4.69) is 15.6 Å². The fourth-order valence-electron chi connectivity index (χ4n) is 2.86. The third kappa shape index (κ3) is 4.14. The molecule has 3 aromatic rings. The molecule has 2 amide bonds. The van der Waals surface area contributed by atoms with Crippen LogP contribution in [0.3, 0.4) is 0 Å². The topological polar surface area (TPSA) is 89.5 Å². The molecule has 2 aromatic carbocycles. The molecule has 1 aliphatic heterocycles. The van der Waals surface area contributed by atoms with E-state index in [1.165, 1.54) is 6.20 Å². The van der Waals surface area contributed by atoms with Crippen molar-refractivity contribution >= 4 is 29.1 Å². The van der Waals surface area contributed by atoms with Gasteiger partial charge in [0.2, 0.25) is 6.79 Å². The fraction of sp³-hybridized carbons (Fsp3) is 0.0952. The first kappa shape index (κ1) is 18.8. The van der Waals surface area contributed by atoms with Crippen molar-refractivity contribution in [2.24, 2.45) is 0 Å². The maximum atomic E-state index is 12.7. The van der Waals surface area contributed by atoms with Gasteiger partial charge in [-0.05, 0) is 42.0 Å². The minimum Gasteiger partial charge on any atom is -0.454 e. The lowest BCUT2D eigenvalue weighted by Crippen LogP contribution is -2.25. The van der Waals surface area contributed by atoms with Crippen LogP contribution in [0.15, 0.2) is 60.8 Å². The zero-order valence-corrected chi connectivity index (χ0v) is 15.9. The second kappa shape index (κ2) is 8.20. The minimum absolute atomic E-state index is 0.0924. The van der Waals surface area contributed by atoms with Gasteiger partial charge in [-0.1, -0.05) is 29.8 Å². The molecule has 0 saturated heterocycles. The second-order valence-corrected chi connectivity index (χ2v) is 6.57. The quantitative estimate of drug-likeness (QED) is 0.628. The summed E-state index contributed by atoms with van der Waals surface area (Å²) in [5.41, 5.74) is 1.80. The van der Waals surface area contributed by atoms with Crippen LogP contribution in [0, 0.1) is 0 Å². The predicted octanol–water partition coefficient (Wildman–Crippen LogP) is 3.65. The molecule has 2 heterocycles. The van der Waals surface area contributed by atoms with Gasteiger partial charge >= 0.3 is 0 Å². The number of halogens is 1. The van der Waals surface area contributed by atoms with Crippen LogP contribution in [0.4, 0.5) is 5.69 Å². The predicted molar refractivity (Wildman–Crippen MR) is 107 cm³/mol. The number of carbonyl (C=O) groups excluding carboxylic acids is 2. The summed E-state index contributed by atoms with van der Waals surface area (Å²) in [5, 5.41) is 5.66. The maximum absolute atomic E-state index is 12.7. The van der Waals surface area contributed by atoms with E-state index in [0.717, 1.165) is 5.56 Å². The van der Waals surface area contributed by atoms with E-state index in [-0.39, 0.29) is 23.4 Å². The van der Waals surface area contributed by atoms with Crippen LogP contribution in [0.1, 0.15) is 26.3 Å². The number of para-hydroxylation sites is 1. The molecule has 0 fully saturated rings. The van der Waals surface area contributed by atoms with Gasteiger partial charge in [-0.25, -0.2) is 4.98 Å². The van der Waals surface area contributed by atoms with Crippen LogP contribution in [0.25, 0.3) is 0 Å². The molecule has 7 nitrogen and oxygen atoms in total. The Morgan fingerprint density at radius 1 is 0.966 bits per heavy atom. The number of anilines is 1. The highest BCUT2D eigenvalue weighted by Crippen LogP contribution is 2.32. The van der Waals surface area contributed by atoms with Crippen LogP contribution in [0.2, 0.25) is 5.15 Å². The van der Waals surface area contributed by atoms with Crippen LogP contribution < -0.4 is 20.1 Å². The summed E-state index contributed by atoms with van der Waals surface area (Å²) in [5.74, 6) is 0.565. The Bertz CT molecular complexity index is 1090. The number of ether oxygens (including phenoxy) is 2. The van der Waals surface area contributed by atoms with Gasteiger partial charge in [0.15, 0.2) is 11.5 Å². The SMILES string of the molecule is O=C(NCc1ccc2c(c1)OCO2)c1ccccc1NC(=O)c1cccnc1Cl. The third-order valence-electron chi connectivity index (χ3n) is 4.31. The lowest BCUT2D eigenvalue weighted by atomic mass is 10.1. The van der Waals surface area contributed by atoms with Crippen molar-refractivity contribution in [3.63, 3.8) is 0 Å². The normalized spacial score (nSPS) is 11.8. The number of pyridine rings is 1. The van der Waals surface area contributed by atoms with E-state index in [1.807, 2.05) is 12.1 Å². The number of amides is 2. The van der Waals surface area contributed by atoms with Gasteiger partial charge in [0.1, 0.15) is 5.15 Å². The first-order chi connectivity index (χ1) is 14.1. The summed E-state index contributed by atoms with van der Waals surface area (Å²) in [7, 11) is 0. The Morgan fingerprint density at radius 2 is 1.76 bits per heavy atom. The van der Waals surface area contributed by atoms with E-state index in [1.54, 1.807) is 42.5 Å². The highest BCUT2D eigenvalue weighted by atomic mass is 35.5. The first-order valence-corrected chi connectivity index (χ1v) is 9.17. The number of nitrogens with zero attached hydrogens (tertiary/aromatic N) is 1. The molecule has 1 aliphatic rings. The lowest BCUT2D eigenvalue weighted by Gasteiger charge is -2.12. The van der Waals surface area contributed by atoms with E-state index in [4.69, 9.17) is 21.1 Å². The smallest absolute Gasteiger partial charge is 0.258 e. The number of fused-ring (bicyclic) bond motifs is 1. The highest BCUT2D eigenvalue weighted by molar-refractivity contribution is 6.33. The molecule has 0 saturated carbocycles. The number of hydrogen-bond donors (Lipinski definition) is 2. The van der Waals surface area contributed by atoms with Gasteiger partial charge in [-0.2, -0.15) is 0 Å². The van der Waals surface area contributed by atoms with Crippen molar-refractivity contribution < 1.29 is 19.1 Å². The van der Waals surface area contributed by atoms with Crippen molar-refractivity contribution in [1.82, 2.24) is 10.3 Å². The fourth-order valence-corrected chi connectivity index (χ4v) is 3.07. The van der Waals surface area contributed by atoms with Gasteiger partial charge in [-0.3, -0.25) is 9.59 Å². The van der Waals surface area contributed by atoms with Crippen LogP contribution in [-0.2, 0) is 6.54 Å². The standard InChI is InChI=1S/C21H16ClN3O4/c22-19-15(5-3-9-23-19)21(27)25-16-6-2-1-4-14(16)20(26)24-11-13-7-8-17-18(10-13)29-12-28-17/h1-10H,11-12H2,(H,24,26)(H,25,27). The molecule has 2 N–H and O–H groups in total. The van der Waals surface area contributed by atoms with Crippen molar-refractivity contribution in [3.8, 4) is 11.5 Å². The lowest BCUT2D eigenvalue weighted by molar-refractivity contribution is 0.0951. The number of carbonyl (C=O) groups is 2. The molecule has 146 valence electrons. The van der Waals surface area contributed by atoms with Crippen molar-refractivity contribution in [3.05, 3.63) is 82.6 Å². The summed E-state index contributed by atoms with van der Waals surface area (Å²) >= 11 is 5.98. The average molecular weight is 410 g/mol. The number of hydrogen-bond acceptors (Lipinski definition) is 5. The van der Waals surface area contributed by atoms with Crippen LogP contribution in [-0.4, -0.2) is 23.6 Å². The van der Waals surface area contributed by atoms with E-state index in [0.29, 0.717) is 29.3 Å². The zero-order chi connectivity index (χ0) is 20.2. The molecular weight excluding hydrogens is 394 g/mol. The third-order valence-corrected chi connectivity index (χ3v) is 4.61. The van der Waals surface area contributed by atoms with Crippen LogP contribution in [0.5, 0.6) is 11.5 Å². The number of nitrogens with one attached hydrogen (secondary N) is 2. The van der Waals surface area contributed by atoms with Crippen molar-refractivity contribution in [2.45, 2.75) is 6.54 Å². The summed E-state index contributed by atoms with van der Waals surface area (Å²) < 4.78 is 10.6. The molecule has 1 aromatic heterocycles. The molecule has 4 rings (SSSR count). The Balaban J connectivity index is 1.46. The first-order valence-electron chi connectivity index (χ1n) is 8.79.